The number of ketones is 1. The highest BCUT2D eigenvalue weighted by atomic mass is 35.5. The van der Waals surface area contributed by atoms with E-state index in [1.165, 1.54) is 23.9 Å². The first-order valence-electron chi connectivity index (χ1n) is 8.16. The molecular weight excluding hydrogens is 402 g/mol. The van der Waals surface area contributed by atoms with Gasteiger partial charge in [-0.25, -0.2) is 4.39 Å². The fourth-order valence-electron chi connectivity index (χ4n) is 2.37. The van der Waals surface area contributed by atoms with Crippen LogP contribution in [-0.4, -0.2) is 5.78 Å². The fourth-order valence-corrected chi connectivity index (χ4v) is 3.60. The van der Waals surface area contributed by atoms with Crippen molar-refractivity contribution in [2.24, 2.45) is 0 Å². The number of rotatable bonds is 6. The van der Waals surface area contributed by atoms with Crippen LogP contribution in [0.25, 0.3) is 6.08 Å². The molecule has 3 aromatic rings. The molecule has 0 atom stereocenters. The van der Waals surface area contributed by atoms with Crippen molar-refractivity contribution in [2.75, 3.05) is 0 Å². The summed E-state index contributed by atoms with van der Waals surface area (Å²) in [7, 11) is 0. The number of halogens is 3. The molecule has 5 heteroatoms. The number of hydrogen-bond acceptors (Lipinski definition) is 2. The van der Waals surface area contributed by atoms with Gasteiger partial charge >= 0.3 is 0 Å². The standard InChI is InChI=1S/C22H15Cl2FOS/c23-18-7-1-15(2-8-18)13-21(22(26)17-5-9-19(24)10-6-17)27-14-16-3-11-20(25)12-4-16/h1-13H,14H2/b21-13+. The Labute approximate surface area is 171 Å². The first kappa shape index (κ1) is 19.7. The highest BCUT2D eigenvalue weighted by molar-refractivity contribution is 8.03. The summed E-state index contributed by atoms with van der Waals surface area (Å²) in [5, 5.41) is 1.21. The molecule has 0 aliphatic rings. The lowest BCUT2D eigenvalue weighted by atomic mass is 10.1. The van der Waals surface area contributed by atoms with Gasteiger partial charge in [0.1, 0.15) is 5.82 Å². The van der Waals surface area contributed by atoms with E-state index in [1.54, 1.807) is 48.5 Å². The molecule has 0 bridgehead atoms. The van der Waals surface area contributed by atoms with Gasteiger partial charge in [0, 0.05) is 21.4 Å². The summed E-state index contributed by atoms with van der Waals surface area (Å²) in [6.45, 7) is 0. The first-order valence-corrected chi connectivity index (χ1v) is 9.90. The number of carbonyl (C=O) groups is 1. The number of benzene rings is 3. The van der Waals surface area contributed by atoms with E-state index in [4.69, 9.17) is 23.2 Å². The van der Waals surface area contributed by atoms with Crippen molar-refractivity contribution in [1.82, 2.24) is 0 Å². The molecule has 0 saturated carbocycles. The van der Waals surface area contributed by atoms with Crippen LogP contribution in [0.1, 0.15) is 21.5 Å². The molecule has 0 N–H and O–H groups in total. The van der Waals surface area contributed by atoms with Crippen molar-refractivity contribution in [3.8, 4) is 0 Å². The minimum atomic E-state index is -0.280. The minimum absolute atomic E-state index is 0.0891. The fraction of sp³-hybridized carbons (Fsp3) is 0.0455. The van der Waals surface area contributed by atoms with Gasteiger partial charge in [-0.1, -0.05) is 47.5 Å². The van der Waals surface area contributed by atoms with E-state index in [-0.39, 0.29) is 11.6 Å². The summed E-state index contributed by atoms with van der Waals surface area (Å²) >= 11 is 13.3. The summed E-state index contributed by atoms with van der Waals surface area (Å²) in [6, 6.07) is 20.3. The van der Waals surface area contributed by atoms with Crippen molar-refractivity contribution in [2.45, 2.75) is 5.75 Å². The number of allylic oxidation sites excluding steroid dienone is 1. The van der Waals surface area contributed by atoms with Crippen LogP contribution < -0.4 is 0 Å². The Morgan fingerprint density at radius 1 is 0.852 bits per heavy atom. The summed E-state index contributed by atoms with van der Waals surface area (Å²) in [6.07, 6.45) is 1.83. The first-order chi connectivity index (χ1) is 13.0. The quantitative estimate of drug-likeness (QED) is 0.309. The zero-order valence-corrected chi connectivity index (χ0v) is 16.5. The lowest BCUT2D eigenvalue weighted by Gasteiger charge is -2.08. The van der Waals surface area contributed by atoms with Crippen molar-refractivity contribution in [1.29, 1.82) is 0 Å². The van der Waals surface area contributed by atoms with E-state index in [9.17, 15) is 9.18 Å². The van der Waals surface area contributed by atoms with Crippen LogP contribution in [0.15, 0.2) is 77.7 Å². The molecule has 0 spiro atoms. The maximum atomic E-state index is 13.1. The Hall–Kier alpha value is -2.07. The van der Waals surface area contributed by atoms with Crippen molar-refractivity contribution >= 4 is 46.8 Å². The number of thioether (sulfide) groups is 1. The smallest absolute Gasteiger partial charge is 0.199 e. The molecule has 0 amide bonds. The van der Waals surface area contributed by atoms with Gasteiger partial charge in [-0.05, 0) is 65.7 Å². The number of Topliss-reactive ketones (excluding diaryl/α,β-unsaturated/α-hetero) is 1. The Morgan fingerprint density at radius 2 is 1.41 bits per heavy atom. The van der Waals surface area contributed by atoms with E-state index >= 15 is 0 Å². The van der Waals surface area contributed by atoms with Gasteiger partial charge < -0.3 is 0 Å². The van der Waals surface area contributed by atoms with E-state index in [0.717, 1.165) is 11.1 Å². The molecular formula is C22H15Cl2FOS. The van der Waals surface area contributed by atoms with Crippen LogP contribution >= 0.6 is 35.0 Å². The number of hydrogen-bond donors (Lipinski definition) is 0. The van der Waals surface area contributed by atoms with Crippen LogP contribution in [0.5, 0.6) is 0 Å². The monoisotopic (exact) mass is 416 g/mol. The summed E-state index contributed by atoms with van der Waals surface area (Å²) in [4.78, 5) is 13.6. The Morgan fingerprint density at radius 3 is 2.00 bits per heavy atom. The maximum Gasteiger partial charge on any atom is 0.199 e. The molecule has 0 aliphatic heterocycles. The van der Waals surface area contributed by atoms with Gasteiger partial charge in [0.2, 0.25) is 0 Å². The maximum absolute atomic E-state index is 13.1. The van der Waals surface area contributed by atoms with Gasteiger partial charge in [0.15, 0.2) is 5.78 Å². The summed E-state index contributed by atoms with van der Waals surface area (Å²) in [5.74, 6) is 0.186. The van der Waals surface area contributed by atoms with Crippen molar-refractivity contribution in [3.63, 3.8) is 0 Å². The Kier molecular flexibility index (Phi) is 6.73. The molecule has 0 unspecified atom stereocenters. The van der Waals surface area contributed by atoms with E-state index < -0.39 is 0 Å². The molecule has 3 rings (SSSR count). The SMILES string of the molecule is O=C(/C(=C\c1ccc(Cl)cc1)SCc1ccc(F)cc1)c1ccc(Cl)cc1. The van der Waals surface area contributed by atoms with E-state index in [1.807, 2.05) is 18.2 Å². The normalized spacial score (nSPS) is 11.4. The number of carbonyl (C=O) groups excluding carboxylic acids is 1. The van der Waals surface area contributed by atoms with Crippen molar-refractivity contribution in [3.05, 3.63) is 110 Å². The van der Waals surface area contributed by atoms with Crippen molar-refractivity contribution < 1.29 is 9.18 Å². The van der Waals surface area contributed by atoms with Gasteiger partial charge in [0.25, 0.3) is 0 Å². The Balaban J connectivity index is 1.87. The third-order valence-electron chi connectivity index (χ3n) is 3.81. The molecule has 3 aromatic carbocycles. The van der Waals surface area contributed by atoms with Crippen LogP contribution in [0, 0.1) is 5.82 Å². The van der Waals surface area contributed by atoms with Crippen LogP contribution in [0.2, 0.25) is 10.0 Å². The zero-order chi connectivity index (χ0) is 19.2. The summed E-state index contributed by atoms with van der Waals surface area (Å²) < 4.78 is 13.1. The van der Waals surface area contributed by atoms with E-state index in [2.05, 4.69) is 0 Å². The lowest BCUT2D eigenvalue weighted by molar-refractivity contribution is 0.104. The van der Waals surface area contributed by atoms with Crippen LogP contribution in [0.4, 0.5) is 4.39 Å². The second-order valence-electron chi connectivity index (χ2n) is 5.81. The average Bonchev–Trinajstić information content (AvgIpc) is 2.68. The molecule has 136 valence electrons. The highest BCUT2D eigenvalue weighted by Crippen LogP contribution is 2.28. The van der Waals surface area contributed by atoms with Gasteiger partial charge in [0.05, 0.1) is 4.91 Å². The van der Waals surface area contributed by atoms with Crippen LogP contribution in [0.3, 0.4) is 0 Å². The van der Waals surface area contributed by atoms with Crippen LogP contribution in [-0.2, 0) is 5.75 Å². The van der Waals surface area contributed by atoms with E-state index in [0.29, 0.717) is 26.3 Å². The Bertz CT molecular complexity index is 949. The minimum Gasteiger partial charge on any atom is -0.288 e. The molecule has 0 aliphatic carbocycles. The molecule has 0 radical (unpaired) electrons. The zero-order valence-electron chi connectivity index (χ0n) is 14.2. The second kappa shape index (κ2) is 9.23. The third kappa shape index (κ3) is 5.70. The highest BCUT2D eigenvalue weighted by Gasteiger charge is 2.14. The topological polar surface area (TPSA) is 17.1 Å². The largest absolute Gasteiger partial charge is 0.288 e. The van der Waals surface area contributed by atoms with Gasteiger partial charge in [-0.2, -0.15) is 0 Å². The molecule has 0 fully saturated rings. The molecule has 1 nitrogen and oxygen atoms in total. The molecule has 0 aromatic heterocycles. The molecule has 0 heterocycles. The summed E-state index contributed by atoms with van der Waals surface area (Å²) in [5.41, 5.74) is 2.38. The predicted octanol–water partition coefficient (Wildman–Crippen LogP) is 7.29. The average molecular weight is 417 g/mol. The molecule has 27 heavy (non-hydrogen) atoms. The van der Waals surface area contributed by atoms with Gasteiger partial charge in [-0.15, -0.1) is 11.8 Å². The predicted molar refractivity (Wildman–Crippen MR) is 113 cm³/mol. The molecule has 0 saturated heterocycles. The van der Waals surface area contributed by atoms with Gasteiger partial charge in [-0.3, -0.25) is 4.79 Å². The lowest BCUT2D eigenvalue weighted by Crippen LogP contribution is -2.01. The second-order valence-corrected chi connectivity index (χ2v) is 7.70. The third-order valence-corrected chi connectivity index (χ3v) is 5.40.